The van der Waals surface area contributed by atoms with Gasteiger partial charge in [-0.25, -0.2) is 4.79 Å². The van der Waals surface area contributed by atoms with Gasteiger partial charge in [0.05, 0.1) is 6.04 Å². The van der Waals surface area contributed by atoms with Gasteiger partial charge in [0.1, 0.15) is 18.6 Å². The number of rotatable bonds is 13. The molecule has 5 unspecified atom stereocenters. The second-order valence-corrected chi connectivity index (χ2v) is 7.26. The molecule has 2 amide bonds. The van der Waals surface area contributed by atoms with Gasteiger partial charge in [-0.05, 0) is 31.1 Å². The van der Waals surface area contributed by atoms with Crippen molar-refractivity contribution in [3.63, 3.8) is 0 Å². The van der Waals surface area contributed by atoms with E-state index in [4.69, 9.17) is 10.8 Å². The largest absolute Gasteiger partial charge is 0.465 e. The third-order valence-electron chi connectivity index (χ3n) is 4.39. The molecule has 0 aromatic heterocycles. The van der Waals surface area contributed by atoms with Crippen molar-refractivity contribution in [2.45, 2.75) is 71.5 Å². The fourth-order valence-corrected chi connectivity index (χ4v) is 2.95. The van der Waals surface area contributed by atoms with Gasteiger partial charge >= 0.3 is 6.09 Å². The third kappa shape index (κ3) is 8.94. The van der Waals surface area contributed by atoms with E-state index in [-0.39, 0.29) is 24.2 Å². The zero-order chi connectivity index (χ0) is 20.3. The molecule has 8 nitrogen and oxygen atoms in total. The van der Waals surface area contributed by atoms with E-state index in [1.165, 1.54) is 0 Å². The van der Waals surface area contributed by atoms with Crippen LogP contribution in [-0.4, -0.2) is 47.8 Å². The summed E-state index contributed by atoms with van der Waals surface area (Å²) in [5.74, 6) is -0.898. The fraction of sp³-hybridized carbons (Fsp3) is 0.778. The summed E-state index contributed by atoms with van der Waals surface area (Å²) in [4.78, 5) is 45.8. The lowest BCUT2D eigenvalue weighted by atomic mass is 9.84. The van der Waals surface area contributed by atoms with Crippen LogP contribution in [0.2, 0.25) is 0 Å². The van der Waals surface area contributed by atoms with Gasteiger partial charge in [-0.3, -0.25) is 4.79 Å². The highest BCUT2D eigenvalue weighted by Gasteiger charge is 2.28. The molecule has 0 bridgehead atoms. The smallest absolute Gasteiger partial charge is 0.405 e. The molecule has 0 aromatic rings. The number of aldehydes is 2. The maximum Gasteiger partial charge on any atom is 0.405 e. The third-order valence-corrected chi connectivity index (χ3v) is 4.39. The van der Waals surface area contributed by atoms with Crippen molar-refractivity contribution in [2.24, 2.45) is 23.5 Å². The van der Waals surface area contributed by atoms with Gasteiger partial charge in [0, 0.05) is 12.0 Å². The van der Waals surface area contributed by atoms with Crippen LogP contribution in [0.1, 0.15) is 53.4 Å². The van der Waals surface area contributed by atoms with E-state index >= 15 is 0 Å². The normalized spacial score (nSPS) is 16.8. The first kappa shape index (κ1) is 24.0. The lowest BCUT2D eigenvalue weighted by Crippen LogP contribution is -2.51. The average Bonchev–Trinajstić information content (AvgIpc) is 2.56. The maximum atomic E-state index is 12.3. The lowest BCUT2D eigenvalue weighted by Gasteiger charge is -2.28. The highest BCUT2D eigenvalue weighted by Crippen LogP contribution is 2.18. The van der Waals surface area contributed by atoms with Crippen LogP contribution in [0.3, 0.4) is 0 Å². The molecule has 0 saturated carbocycles. The molecular weight excluding hydrogens is 338 g/mol. The van der Waals surface area contributed by atoms with Gasteiger partial charge < -0.3 is 31.1 Å². The SMILES string of the molecule is CCCC(C=O)C(N)C(C)CC(C=O)NC(=O)C(CC(C)C)NC(=O)O. The fourth-order valence-electron chi connectivity index (χ4n) is 2.95. The molecule has 5 atom stereocenters. The molecule has 0 rings (SSSR count). The number of nitrogens with two attached hydrogens (primary N) is 1. The summed E-state index contributed by atoms with van der Waals surface area (Å²) < 4.78 is 0. The molecule has 150 valence electrons. The topological polar surface area (TPSA) is 139 Å². The Kier molecular flexibility index (Phi) is 11.5. The van der Waals surface area contributed by atoms with Gasteiger partial charge in [0.25, 0.3) is 0 Å². The molecule has 0 aromatic carbocycles. The maximum absolute atomic E-state index is 12.3. The Hall–Kier alpha value is -1.96. The first-order chi connectivity index (χ1) is 12.2. The summed E-state index contributed by atoms with van der Waals surface area (Å²) in [7, 11) is 0. The number of amides is 2. The zero-order valence-electron chi connectivity index (χ0n) is 16.1. The summed E-state index contributed by atoms with van der Waals surface area (Å²) in [6.45, 7) is 7.54. The zero-order valence-corrected chi connectivity index (χ0v) is 16.1. The van der Waals surface area contributed by atoms with Crippen molar-refractivity contribution in [3.05, 3.63) is 0 Å². The Morgan fingerprint density at radius 1 is 1.08 bits per heavy atom. The summed E-state index contributed by atoms with van der Waals surface area (Å²) >= 11 is 0. The Morgan fingerprint density at radius 2 is 1.69 bits per heavy atom. The van der Waals surface area contributed by atoms with E-state index in [2.05, 4.69) is 10.6 Å². The minimum absolute atomic E-state index is 0.0991. The highest BCUT2D eigenvalue weighted by atomic mass is 16.4. The average molecular weight is 371 g/mol. The second kappa shape index (κ2) is 12.4. The first-order valence-electron chi connectivity index (χ1n) is 9.12. The van der Waals surface area contributed by atoms with E-state index in [1.807, 2.05) is 27.7 Å². The van der Waals surface area contributed by atoms with E-state index in [1.54, 1.807) is 0 Å². The monoisotopic (exact) mass is 371 g/mol. The van der Waals surface area contributed by atoms with Crippen LogP contribution in [0.15, 0.2) is 0 Å². The Labute approximate surface area is 155 Å². The number of hydrogen-bond acceptors (Lipinski definition) is 5. The molecule has 0 radical (unpaired) electrons. The van der Waals surface area contributed by atoms with Crippen molar-refractivity contribution in [3.8, 4) is 0 Å². The molecule has 8 heteroatoms. The molecular formula is C18H33N3O5. The van der Waals surface area contributed by atoms with Crippen molar-refractivity contribution >= 4 is 24.6 Å². The van der Waals surface area contributed by atoms with E-state index in [9.17, 15) is 19.2 Å². The predicted molar refractivity (Wildman–Crippen MR) is 98.6 cm³/mol. The van der Waals surface area contributed by atoms with E-state index < -0.39 is 30.1 Å². The molecule has 0 heterocycles. The van der Waals surface area contributed by atoms with Crippen LogP contribution in [0, 0.1) is 17.8 Å². The molecule has 0 spiro atoms. The van der Waals surface area contributed by atoms with Crippen molar-refractivity contribution in [2.75, 3.05) is 0 Å². The first-order valence-corrected chi connectivity index (χ1v) is 9.12. The summed E-state index contributed by atoms with van der Waals surface area (Å²) in [6.07, 6.45) is 2.27. The molecule has 0 aliphatic carbocycles. The van der Waals surface area contributed by atoms with Crippen molar-refractivity contribution in [1.29, 1.82) is 0 Å². The highest BCUT2D eigenvalue weighted by molar-refractivity contribution is 5.87. The number of carboxylic acid groups (broad SMARTS) is 1. The van der Waals surface area contributed by atoms with Crippen molar-refractivity contribution < 1.29 is 24.3 Å². The van der Waals surface area contributed by atoms with Crippen molar-refractivity contribution in [1.82, 2.24) is 10.6 Å². The van der Waals surface area contributed by atoms with E-state index in [0.717, 1.165) is 12.7 Å². The summed E-state index contributed by atoms with van der Waals surface area (Å²) in [5, 5.41) is 13.6. The Morgan fingerprint density at radius 3 is 2.12 bits per heavy atom. The molecule has 26 heavy (non-hydrogen) atoms. The minimum Gasteiger partial charge on any atom is -0.465 e. The lowest BCUT2D eigenvalue weighted by molar-refractivity contribution is -0.126. The summed E-state index contributed by atoms with van der Waals surface area (Å²) in [5.41, 5.74) is 6.13. The van der Waals surface area contributed by atoms with Crippen LogP contribution in [-0.2, 0) is 14.4 Å². The second-order valence-electron chi connectivity index (χ2n) is 7.26. The summed E-state index contributed by atoms with van der Waals surface area (Å²) in [6, 6.07) is -2.13. The number of hydrogen-bond donors (Lipinski definition) is 4. The van der Waals surface area contributed by atoms with Gasteiger partial charge in [-0.1, -0.05) is 34.1 Å². The molecule has 0 saturated heterocycles. The number of nitrogens with one attached hydrogen (secondary N) is 2. The van der Waals surface area contributed by atoms with Gasteiger partial charge in [0.2, 0.25) is 5.91 Å². The van der Waals surface area contributed by atoms with Crippen LogP contribution in [0.4, 0.5) is 4.79 Å². The predicted octanol–water partition coefficient (Wildman–Crippen LogP) is 1.32. The van der Waals surface area contributed by atoms with E-state index in [0.29, 0.717) is 19.1 Å². The molecule has 0 fully saturated rings. The van der Waals surface area contributed by atoms with Gasteiger partial charge in [-0.2, -0.15) is 0 Å². The Bertz CT molecular complexity index is 470. The van der Waals surface area contributed by atoms with Gasteiger partial charge in [-0.15, -0.1) is 0 Å². The van der Waals surface area contributed by atoms with Crippen LogP contribution >= 0.6 is 0 Å². The number of carbonyl (C=O) groups is 4. The number of carbonyl (C=O) groups excluding carboxylic acids is 3. The van der Waals surface area contributed by atoms with Gasteiger partial charge in [0.15, 0.2) is 0 Å². The standard InChI is InChI=1S/C18H33N3O5/c1-5-6-13(9-22)16(19)12(4)8-14(10-23)20-17(24)15(7-11(2)3)21-18(25)26/h9-16,21H,5-8,19H2,1-4H3,(H,20,24)(H,25,26). The van der Waals surface area contributed by atoms with Crippen LogP contribution < -0.4 is 16.4 Å². The molecule has 5 N–H and O–H groups in total. The minimum atomic E-state index is -1.29. The van der Waals surface area contributed by atoms with Crippen LogP contribution in [0.5, 0.6) is 0 Å². The molecule has 0 aliphatic rings. The quantitative estimate of drug-likeness (QED) is 0.360. The molecule has 0 aliphatic heterocycles. The van der Waals surface area contributed by atoms with Crippen LogP contribution in [0.25, 0.3) is 0 Å². The Balaban J connectivity index is 4.89.